The van der Waals surface area contributed by atoms with Crippen LogP contribution in [0, 0.1) is 11.8 Å². The van der Waals surface area contributed by atoms with E-state index in [-0.39, 0.29) is 29.4 Å². The molecule has 1 fully saturated rings. The lowest BCUT2D eigenvalue weighted by Gasteiger charge is -2.17. The fraction of sp³-hybridized carbons (Fsp3) is 0.261. The van der Waals surface area contributed by atoms with E-state index in [4.69, 9.17) is 4.74 Å². The summed E-state index contributed by atoms with van der Waals surface area (Å²) in [6, 6.07) is 15.7. The van der Waals surface area contributed by atoms with Crippen molar-refractivity contribution in [3.05, 3.63) is 72.3 Å². The highest BCUT2D eigenvalue weighted by Gasteiger charge is 2.47. The van der Waals surface area contributed by atoms with Crippen molar-refractivity contribution in [3.8, 4) is 5.75 Å². The largest absolute Gasteiger partial charge is 0.483 e. The first-order valence-corrected chi connectivity index (χ1v) is 9.45. The highest BCUT2D eigenvalue weighted by molar-refractivity contribution is 6.22. The third-order valence-electron chi connectivity index (χ3n) is 5.34. The molecule has 1 saturated heterocycles. The fourth-order valence-corrected chi connectivity index (χ4v) is 3.82. The summed E-state index contributed by atoms with van der Waals surface area (Å²) in [7, 11) is 0. The minimum absolute atomic E-state index is 0.105. The second kappa shape index (κ2) is 7.43. The number of rotatable bonds is 5. The molecule has 2 aromatic carbocycles. The van der Waals surface area contributed by atoms with Gasteiger partial charge in [0.1, 0.15) is 5.75 Å². The zero-order chi connectivity index (χ0) is 19.7. The summed E-state index contributed by atoms with van der Waals surface area (Å²) < 4.78 is 5.75. The Hall–Kier alpha value is -3.21. The zero-order valence-electron chi connectivity index (χ0n) is 15.6. The average molecular weight is 375 g/mol. The molecule has 0 radical (unpaired) electrons. The number of anilines is 1. The molecule has 0 saturated carbocycles. The highest BCUT2D eigenvalue weighted by atomic mass is 16.5. The van der Waals surface area contributed by atoms with Crippen LogP contribution in [-0.2, 0) is 9.59 Å². The quantitative estimate of drug-likeness (QED) is 0.453. The van der Waals surface area contributed by atoms with Gasteiger partial charge in [0.2, 0.25) is 17.6 Å². The molecular weight excluding hydrogens is 354 g/mol. The predicted octanol–water partition coefficient (Wildman–Crippen LogP) is 3.79. The highest BCUT2D eigenvalue weighted by Crippen LogP contribution is 2.38. The standard InChI is InChI=1S/C23H21NO4/c1-15(21(25)16-7-3-2-4-8-16)28-18-13-11-17(12-14-18)24-22(26)19-9-5-6-10-20(19)23(24)27/h2-8,11-15,19-20H,9-10H2,1H3/t15-,19+,20+/m0/s1. The SMILES string of the molecule is C[C@H](Oc1ccc(N2C(=O)[C@@H]3CC=CC[C@H]3C2=O)cc1)C(=O)c1ccccc1. The molecule has 5 heteroatoms. The Kier molecular flexibility index (Phi) is 4.82. The Labute approximate surface area is 163 Å². The van der Waals surface area contributed by atoms with Gasteiger partial charge in [-0.25, -0.2) is 0 Å². The van der Waals surface area contributed by atoms with Crippen molar-refractivity contribution in [2.75, 3.05) is 4.90 Å². The fourth-order valence-electron chi connectivity index (χ4n) is 3.82. The van der Waals surface area contributed by atoms with Crippen LogP contribution in [0.25, 0.3) is 0 Å². The topological polar surface area (TPSA) is 63.7 Å². The van der Waals surface area contributed by atoms with Gasteiger partial charge >= 0.3 is 0 Å². The number of carbonyl (C=O) groups is 3. The lowest BCUT2D eigenvalue weighted by molar-refractivity contribution is -0.122. The number of ether oxygens (including phenoxy) is 1. The van der Waals surface area contributed by atoms with Crippen molar-refractivity contribution in [1.29, 1.82) is 0 Å². The molecule has 3 atom stereocenters. The number of fused-ring (bicyclic) bond motifs is 1. The van der Waals surface area contributed by atoms with Crippen LogP contribution < -0.4 is 9.64 Å². The molecule has 1 aliphatic heterocycles. The molecule has 1 heterocycles. The summed E-state index contributed by atoms with van der Waals surface area (Å²) in [5.41, 5.74) is 1.13. The second-order valence-corrected chi connectivity index (χ2v) is 7.15. The van der Waals surface area contributed by atoms with Crippen molar-refractivity contribution < 1.29 is 19.1 Å². The number of hydrogen-bond acceptors (Lipinski definition) is 4. The summed E-state index contributed by atoms with van der Waals surface area (Å²) in [5, 5.41) is 0. The van der Waals surface area contributed by atoms with E-state index in [9.17, 15) is 14.4 Å². The molecule has 142 valence electrons. The number of hydrogen-bond donors (Lipinski definition) is 0. The number of allylic oxidation sites excluding steroid dienone is 2. The number of benzene rings is 2. The van der Waals surface area contributed by atoms with E-state index in [2.05, 4.69) is 0 Å². The van der Waals surface area contributed by atoms with Gasteiger partial charge in [0.05, 0.1) is 17.5 Å². The van der Waals surface area contributed by atoms with Crippen LogP contribution in [0.3, 0.4) is 0 Å². The van der Waals surface area contributed by atoms with Gasteiger partial charge in [-0.2, -0.15) is 0 Å². The molecule has 4 rings (SSSR count). The maximum atomic E-state index is 12.7. The smallest absolute Gasteiger partial charge is 0.238 e. The van der Waals surface area contributed by atoms with E-state index >= 15 is 0 Å². The third kappa shape index (κ3) is 3.24. The number of amides is 2. The maximum Gasteiger partial charge on any atom is 0.238 e. The Morgan fingerprint density at radius 2 is 1.50 bits per heavy atom. The summed E-state index contributed by atoms with van der Waals surface area (Å²) in [6.45, 7) is 1.70. The summed E-state index contributed by atoms with van der Waals surface area (Å²) in [4.78, 5) is 39.0. The predicted molar refractivity (Wildman–Crippen MR) is 105 cm³/mol. The van der Waals surface area contributed by atoms with Gasteiger partial charge in [-0.05, 0) is 44.0 Å². The van der Waals surface area contributed by atoms with E-state index < -0.39 is 6.10 Å². The summed E-state index contributed by atoms with van der Waals surface area (Å²) in [6.07, 6.45) is 4.53. The maximum absolute atomic E-state index is 12.7. The van der Waals surface area contributed by atoms with Gasteiger partial charge in [0, 0.05) is 5.56 Å². The molecule has 0 N–H and O–H groups in total. The molecule has 28 heavy (non-hydrogen) atoms. The normalized spacial score (nSPS) is 22.1. The summed E-state index contributed by atoms with van der Waals surface area (Å²) in [5.74, 6) is -0.375. The molecule has 1 aliphatic carbocycles. The van der Waals surface area contributed by atoms with Crippen molar-refractivity contribution in [1.82, 2.24) is 0 Å². The molecule has 0 unspecified atom stereocenters. The molecule has 2 amide bonds. The van der Waals surface area contributed by atoms with Crippen molar-refractivity contribution >= 4 is 23.3 Å². The average Bonchev–Trinajstić information content (AvgIpc) is 2.99. The van der Waals surface area contributed by atoms with Crippen molar-refractivity contribution in [2.24, 2.45) is 11.8 Å². The molecule has 0 bridgehead atoms. The zero-order valence-corrected chi connectivity index (χ0v) is 15.6. The Morgan fingerprint density at radius 1 is 0.929 bits per heavy atom. The van der Waals surface area contributed by atoms with Gasteiger partial charge in [0.25, 0.3) is 0 Å². The van der Waals surface area contributed by atoms with E-state index in [1.54, 1.807) is 43.3 Å². The molecular formula is C23H21NO4. The molecule has 5 nitrogen and oxygen atoms in total. The Morgan fingerprint density at radius 3 is 2.07 bits per heavy atom. The van der Waals surface area contributed by atoms with Crippen molar-refractivity contribution in [3.63, 3.8) is 0 Å². The second-order valence-electron chi connectivity index (χ2n) is 7.15. The van der Waals surface area contributed by atoms with Crippen LogP contribution in [0.15, 0.2) is 66.7 Å². The number of nitrogens with zero attached hydrogens (tertiary/aromatic N) is 1. The van der Waals surface area contributed by atoms with Gasteiger partial charge in [0.15, 0.2) is 6.10 Å². The van der Waals surface area contributed by atoms with Crippen molar-refractivity contribution in [2.45, 2.75) is 25.9 Å². The lowest BCUT2D eigenvalue weighted by Crippen LogP contribution is -2.30. The van der Waals surface area contributed by atoms with Crippen LogP contribution in [-0.4, -0.2) is 23.7 Å². The van der Waals surface area contributed by atoms with Gasteiger partial charge in [-0.3, -0.25) is 19.3 Å². The van der Waals surface area contributed by atoms with E-state index in [0.29, 0.717) is 29.8 Å². The Balaban J connectivity index is 1.46. The molecule has 2 aliphatic rings. The van der Waals surface area contributed by atoms with Crippen LogP contribution in [0.1, 0.15) is 30.1 Å². The van der Waals surface area contributed by atoms with Crippen LogP contribution in [0.2, 0.25) is 0 Å². The monoisotopic (exact) mass is 375 g/mol. The van der Waals surface area contributed by atoms with Crippen LogP contribution in [0.5, 0.6) is 5.75 Å². The minimum Gasteiger partial charge on any atom is -0.483 e. The third-order valence-corrected chi connectivity index (χ3v) is 5.34. The van der Waals surface area contributed by atoms with E-state index in [1.165, 1.54) is 4.90 Å². The van der Waals surface area contributed by atoms with Gasteiger partial charge < -0.3 is 4.74 Å². The first-order valence-electron chi connectivity index (χ1n) is 9.45. The number of carbonyl (C=O) groups excluding carboxylic acids is 3. The first kappa shape index (κ1) is 18.2. The number of ketones is 1. The van der Waals surface area contributed by atoms with Gasteiger partial charge in [-0.15, -0.1) is 0 Å². The van der Waals surface area contributed by atoms with Crippen LogP contribution in [0.4, 0.5) is 5.69 Å². The first-order chi connectivity index (χ1) is 13.6. The number of imide groups is 1. The molecule has 0 spiro atoms. The molecule has 0 aromatic heterocycles. The lowest BCUT2D eigenvalue weighted by atomic mass is 9.85. The van der Waals surface area contributed by atoms with E-state index in [0.717, 1.165) is 0 Å². The minimum atomic E-state index is -0.641. The van der Waals surface area contributed by atoms with Gasteiger partial charge in [-0.1, -0.05) is 42.5 Å². The molecule has 2 aromatic rings. The van der Waals surface area contributed by atoms with Crippen LogP contribution >= 0.6 is 0 Å². The Bertz CT molecular complexity index is 907. The van der Waals surface area contributed by atoms with E-state index in [1.807, 2.05) is 30.4 Å². The number of Topliss-reactive ketones (excluding diaryl/α,β-unsaturated/α-hetero) is 1. The summed E-state index contributed by atoms with van der Waals surface area (Å²) >= 11 is 0.